The molecule has 104 valence electrons. The molecule has 3 nitrogen and oxygen atoms in total. The van der Waals surface area contributed by atoms with E-state index in [4.69, 9.17) is 4.74 Å². The minimum atomic E-state index is -0.948. The van der Waals surface area contributed by atoms with E-state index in [-0.39, 0.29) is 0 Å². The minimum Gasteiger partial charge on any atom is -0.549 e. The number of carboxylic acid groups (broad SMARTS) is 1. The molecule has 0 amide bonds. The second kappa shape index (κ2) is 6.09. The van der Waals surface area contributed by atoms with Crippen LogP contribution < -0.4 is 9.84 Å². The monoisotopic (exact) mass is 261 g/mol. The third kappa shape index (κ3) is 2.91. The number of hydrogen-bond donors (Lipinski definition) is 0. The molecule has 19 heavy (non-hydrogen) atoms. The second-order valence-corrected chi connectivity index (χ2v) is 5.31. The molecule has 0 spiro atoms. The summed E-state index contributed by atoms with van der Waals surface area (Å²) in [7, 11) is 0. The number of carboxylic acids is 1. The Hall–Kier alpha value is -1.51. The molecule has 1 fully saturated rings. The SMILES string of the molecule is CCCCOc1cccc(C2(C(=O)[O-])CCCC2)c1. The fourth-order valence-corrected chi connectivity index (χ4v) is 2.81. The highest BCUT2D eigenvalue weighted by atomic mass is 16.5. The highest BCUT2D eigenvalue weighted by Gasteiger charge is 2.37. The lowest BCUT2D eigenvalue weighted by Gasteiger charge is -2.31. The van der Waals surface area contributed by atoms with E-state index in [1.807, 2.05) is 24.3 Å². The molecule has 0 atom stereocenters. The molecule has 0 aromatic heterocycles. The molecule has 0 bridgehead atoms. The number of unbranched alkanes of at least 4 members (excludes halogenated alkanes) is 1. The van der Waals surface area contributed by atoms with Crippen molar-refractivity contribution in [3.05, 3.63) is 29.8 Å². The smallest absolute Gasteiger partial charge is 0.119 e. The minimum absolute atomic E-state index is 0.674. The largest absolute Gasteiger partial charge is 0.549 e. The normalized spacial score (nSPS) is 17.3. The molecule has 1 aromatic rings. The summed E-state index contributed by atoms with van der Waals surface area (Å²) in [5.41, 5.74) is 0.0309. The average molecular weight is 261 g/mol. The number of aliphatic carboxylic acids is 1. The van der Waals surface area contributed by atoms with Gasteiger partial charge in [0.25, 0.3) is 0 Å². The van der Waals surface area contributed by atoms with E-state index >= 15 is 0 Å². The molecule has 0 aliphatic heterocycles. The Labute approximate surface area is 114 Å². The van der Waals surface area contributed by atoms with Gasteiger partial charge < -0.3 is 14.6 Å². The molecule has 1 saturated carbocycles. The molecule has 1 aliphatic rings. The molecule has 0 heterocycles. The van der Waals surface area contributed by atoms with E-state index in [1.165, 1.54) is 0 Å². The van der Waals surface area contributed by atoms with Crippen LogP contribution in [0.3, 0.4) is 0 Å². The molecule has 0 saturated heterocycles. The summed E-state index contributed by atoms with van der Waals surface area (Å²) in [5.74, 6) is -0.186. The summed E-state index contributed by atoms with van der Waals surface area (Å²) in [6.45, 7) is 2.79. The van der Waals surface area contributed by atoms with Gasteiger partial charge in [-0.2, -0.15) is 0 Å². The Morgan fingerprint density at radius 1 is 1.37 bits per heavy atom. The van der Waals surface area contributed by atoms with Crippen LogP contribution in [0.2, 0.25) is 0 Å². The van der Waals surface area contributed by atoms with E-state index < -0.39 is 11.4 Å². The summed E-state index contributed by atoms with van der Waals surface area (Å²) in [4.78, 5) is 11.5. The molecular weight excluding hydrogens is 240 g/mol. The summed E-state index contributed by atoms with van der Waals surface area (Å²) in [5, 5.41) is 11.5. The van der Waals surface area contributed by atoms with Gasteiger partial charge in [-0.05, 0) is 37.0 Å². The van der Waals surface area contributed by atoms with Gasteiger partial charge in [0.2, 0.25) is 0 Å². The van der Waals surface area contributed by atoms with E-state index in [0.29, 0.717) is 19.4 Å². The van der Waals surface area contributed by atoms with Crippen molar-refractivity contribution in [2.75, 3.05) is 6.61 Å². The van der Waals surface area contributed by atoms with Gasteiger partial charge in [-0.1, -0.05) is 38.3 Å². The number of carbonyl (C=O) groups is 1. The van der Waals surface area contributed by atoms with Gasteiger partial charge in [0.15, 0.2) is 0 Å². The maximum absolute atomic E-state index is 11.5. The van der Waals surface area contributed by atoms with Crippen LogP contribution in [0.25, 0.3) is 0 Å². The standard InChI is InChI=1S/C16H22O3/c1-2-3-11-19-14-8-6-7-13(12-14)16(15(17)18)9-4-5-10-16/h6-8,12H,2-5,9-11H2,1H3,(H,17,18)/p-1. The summed E-state index contributed by atoms with van der Waals surface area (Å²) in [6.07, 6.45) is 5.35. The van der Waals surface area contributed by atoms with Gasteiger partial charge in [-0.15, -0.1) is 0 Å². The zero-order chi connectivity index (χ0) is 13.7. The predicted molar refractivity (Wildman–Crippen MR) is 72.0 cm³/mol. The van der Waals surface area contributed by atoms with Crippen molar-refractivity contribution >= 4 is 5.97 Å². The second-order valence-electron chi connectivity index (χ2n) is 5.31. The summed E-state index contributed by atoms with van der Waals surface area (Å²) >= 11 is 0. The zero-order valence-electron chi connectivity index (χ0n) is 11.5. The van der Waals surface area contributed by atoms with Gasteiger partial charge in [-0.25, -0.2) is 0 Å². The Balaban J connectivity index is 2.19. The molecule has 0 unspecified atom stereocenters. The number of carbonyl (C=O) groups excluding carboxylic acids is 1. The average Bonchev–Trinajstić information content (AvgIpc) is 2.90. The van der Waals surface area contributed by atoms with Crippen molar-refractivity contribution in [1.82, 2.24) is 0 Å². The first-order chi connectivity index (χ1) is 9.19. The Bertz CT molecular complexity index is 433. The first kappa shape index (κ1) is 13.9. The zero-order valence-corrected chi connectivity index (χ0v) is 11.5. The van der Waals surface area contributed by atoms with Crippen LogP contribution in [-0.2, 0) is 10.2 Å². The Kier molecular flexibility index (Phi) is 4.46. The molecule has 2 rings (SSSR count). The third-order valence-electron chi connectivity index (χ3n) is 4.00. The lowest BCUT2D eigenvalue weighted by Crippen LogP contribution is -2.43. The number of rotatable bonds is 6. The summed E-state index contributed by atoms with van der Waals surface area (Å²) < 4.78 is 5.66. The highest BCUT2D eigenvalue weighted by Crippen LogP contribution is 2.41. The number of hydrogen-bond acceptors (Lipinski definition) is 3. The fraction of sp³-hybridized carbons (Fsp3) is 0.562. The Morgan fingerprint density at radius 2 is 2.11 bits per heavy atom. The quantitative estimate of drug-likeness (QED) is 0.739. The van der Waals surface area contributed by atoms with E-state index in [2.05, 4.69) is 6.92 Å². The first-order valence-corrected chi connectivity index (χ1v) is 7.14. The van der Waals surface area contributed by atoms with Crippen LogP contribution in [-0.4, -0.2) is 12.6 Å². The molecule has 1 aromatic carbocycles. The van der Waals surface area contributed by atoms with E-state index in [9.17, 15) is 9.90 Å². The maximum atomic E-state index is 11.5. The van der Waals surface area contributed by atoms with Gasteiger partial charge in [0, 0.05) is 5.41 Å². The van der Waals surface area contributed by atoms with Crippen molar-refractivity contribution in [3.63, 3.8) is 0 Å². The molecule has 3 heteroatoms. The van der Waals surface area contributed by atoms with Crippen LogP contribution in [0.1, 0.15) is 51.0 Å². The lowest BCUT2D eigenvalue weighted by molar-refractivity contribution is -0.313. The van der Waals surface area contributed by atoms with E-state index in [0.717, 1.165) is 37.0 Å². The van der Waals surface area contributed by atoms with Gasteiger partial charge in [0.1, 0.15) is 5.75 Å². The van der Waals surface area contributed by atoms with Crippen molar-refractivity contribution in [2.45, 2.75) is 50.9 Å². The molecule has 1 aliphatic carbocycles. The molecular formula is C16H21O3-. The Morgan fingerprint density at radius 3 is 2.74 bits per heavy atom. The topological polar surface area (TPSA) is 49.4 Å². The summed E-state index contributed by atoms with van der Waals surface area (Å²) in [6, 6.07) is 7.52. The first-order valence-electron chi connectivity index (χ1n) is 7.14. The third-order valence-corrected chi connectivity index (χ3v) is 4.00. The van der Waals surface area contributed by atoms with Gasteiger partial charge in [0.05, 0.1) is 12.6 Å². The van der Waals surface area contributed by atoms with Crippen LogP contribution in [0, 0.1) is 0 Å². The van der Waals surface area contributed by atoms with Gasteiger partial charge >= 0.3 is 0 Å². The van der Waals surface area contributed by atoms with Crippen molar-refractivity contribution in [1.29, 1.82) is 0 Å². The highest BCUT2D eigenvalue weighted by molar-refractivity contribution is 5.80. The maximum Gasteiger partial charge on any atom is 0.119 e. The van der Waals surface area contributed by atoms with Crippen LogP contribution in [0.5, 0.6) is 5.75 Å². The van der Waals surface area contributed by atoms with Gasteiger partial charge in [-0.3, -0.25) is 0 Å². The van der Waals surface area contributed by atoms with Crippen molar-refractivity contribution in [3.8, 4) is 5.75 Å². The lowest BCUT2D eigenvalue weighted by atomic mass is 9.79. The van der Waals surface area contributed by atoms with Crippen LogP contribution in [0.4, 0.5) is 0 Å². The van der Waals surface area contributed by atoms with E-state index in [1.54, 1.807) is 0 Å². The predicted octanol–water partition coefficient (Wildman–Crippen LogP) is 2.43. The van der Waals surface area contributed by atoms with Crippen molar-refractivity contribution < 1.29 is 14.6 Å². The molecule has 0 radical (unpaired) electrons. The number of ether oxygens (including phenoxy) is 1. The van der Waals surface area contributed by atoms with Crippen LogP contribution in [0.15, 0.2) is 24.3 Å². The van der Waals surface area contributed by atoms with Crippen LogP contribution >= 0.6 is 0 Å². The fourth-order valence-electron chi connectivity index (χ4n) is 2.81. The molecule has 0 N–H and O–H groups in total. The number of benzene rings is 1. The van der Waals surface area contributed by atoms with Crippen molar-refractivity contribution in [2.24, 2.45) is 0 Å².